The number of carboxylic acids is 1. The third-order valence-electron chi connectivity index (χ3n) is 3.72. The van der Waals surface area contributed by atoms with E-state index in [9.17, 15) is 19.1 Å². The van der Waals surface area contributed by atoms with Gasteiger partial charge in [0.15, 0.2) is 5.17 Å². The lowest BCUT2D eigenvalue weighted by atomic mass is 10.2. The van der Waals surface area contributed by atoms with Crippen LogP contribution < -0.4 is 0 Å². The van der Waals surface area contributed by atoms with Gasteiger partial charge in [0.05, 0.1) is 18.7 Å². The molecule has 3 rings (SSSR count). The molecule has 1 atom stereocenters. The molecule has 0 spiro atoms. The third-order valence-corrected chi connectivity index (χ3v) is 5.15. The molecule has 0 saturated carbocycles. The Hall–Kier alpha value is -2.38. The van der Waals surface area contributed by atoms with Crippen LogP contribution in [-0.2, 0) is 16.1 Å². The zero-order valence-electron chi connectivity index (χ0n) is 13.4. The van der Waals surface area contributed by atoms with Gasteiger partial charge in [0.25, 0.3) is 0 Å². The molecule has 134 valence electrons. The maximum absolute atomic E-state index is 13.1. The molecule has 0 bridgehead atoms. The summed E-state index contributed by atoms with van der Waals surface area (Å²) in [7, 11) is 0. The molecule has 0 aromatic heterocycles. The molecule has 0 aliphatic carbocycles. The number of carboxylic acid groups (broad SMARTS) is 1. The molecule has 0 unspecified atom stereocenters. The van der Waals surface area contributed by atoms with E-state index in [-0.39, 0.29) is 24.0 Å². The van der Waals surface area contributed by atoms with Gasteiger partial charge in [-0.05, 0) is 42.0 Å². The van der Waals surface area contributed by atoms with Crippen LogP contribution in [-0.4, -0.2) is 32.3 Å². The minimum absolute atomic E-state index is 0.115. The van der Waals surface area contributed by atoms with Crippen molar-refractivity contribution >= 4 is 46.1 Å². The summed E-state index contributed by atoms with van der Waals surface area (Å²) in [6.07, 6.45) is -0.115. The van der Waals surface area contributed by atoms with Crippen LogP contribution in [0.15, 0.2) is 53.5 Å². The highest BCUT2D eigenvalue weighted by molar-refractivity contribution is 8.15. The van der Waals surface area contributed by atoms with Crippen LogP contribution in [0.5, 0.6) is 0 Å². The maximum atomic E-state index is 13.1. The first-order chi connectivity index (χ1) is 12.4. The summed E-state index contributed by atoms with van der Waals surface area (Å²) in [5.74, 6) is -1.80. The van der Waals surface area contributed by atoms with Crippen LogP contribution in [0.25, 0.3) is 0 Å². The Morgan fingerprint density at radius 3 is 2.50 bits per heavy atom. The first kappa shape index (κ1) is 18.4. The Labute approximate surface area is 158 Å². The van der Waals surface area contributed by atoms with E-state index in [1.807, 2.05) is 0 Å². The van der Waals surface area contributed by atoms with Gasteiger partial charge in [-0.1, -0.05) is 35.5 Å². The number of benzene rings is 2. The van der Waals surface area contributed by atoms with Crippen LogP contribution in [0.3, 0.4) is 0 Å². The highest BCUT2D eigenvalue weighted by Crippen LogP contribution is 2.30. The number of amides is 1. The second-order valence-corrected chi connectivity index (χ2v) is 7.23. The topological polar surface area (TPSA) is 70.0 Å². The molecule has 2 aromatic carbocycles. The molecule has 1 N–H and O–H groups in total. The highest BCUT2D eigenvalue weighted by atomic mass is 35.5. The first-order valence-electron chi connectivity index (χ1n) is 7.71. The Morgan fingerprint density at radius 2 is 1.88 bits per heavy atom. The number of thioether (sulfide) groups is 1. The average Bonchev–Trinajstić information content (AvgIpc) is 2.61. The molecule has 26 heavy (non-hydrogen) atoms. The van der Waals surface area contributed by atoms with Crippen molar-refractivity contribution in [2.24, 2.45) is 4.99 Å². The van der Waals surface area contributed by atoms with E-state index in [2.05, 4.69) is 4.99 Å². The lowest BCUT2D eigenvalue weighted by Crippen LogP contribution is -2.43. The third kappa shape index (κ3) is 4.42. The van der Waals surface area contributed by atoms with Crippen molar-refractivity contribution in [1.29, 1.82) is 0 Å². The van der Waals surface area contributed by atoms with Gasteiger partial charge < -0.3 is 5.11 Å². The van der Waals surface area contributed by atoms with Gasteiger partial charge in [-0.2, -0.15) is 0 Å². The summed E-state index contributed by atoms with van der Waals surface area (Å²) < 4.78 is 13.1. The molecule has 1 heterocycles. The quantitative estimate of drug-likeness (QED) is 0.850. The lowest BCUT2D eigenvalue weighted by Gasteiger charge is -2.30. The molecule has 1 fully saturated rings. The van der Waals surface area contributed by atoms with Crippen molar-refractivity contribution in [2.45, 2.75) is 18.2 Å². The molecular formula is C18H14ClFN2O3S. The monoisotopic (exact) mass is 392 g/mol. The number of nitrogens with zero attached hydrogens (tertiary/aromatic N) is 2. The number of hydrogen-bond donors (Lipinski definition) is 1. The Morgan fingerprint density at radius 1 is 1.23 bits per heavy atom. The maximum Gasteiger partial charge on any atom is 0.317 e. The molecule has 5 nitrogen and oxygen atoms in total. The van der Waals surface area contributed by atoms with Gasteiger partial charge in [-0.25, -0.2) is 9.38 Å². The highest BCUT2D eigenvalue weighted by Gasteiger charge is 2.35. The van der Waals surface area contributed by atoms with E-state index in [0.29, 0.717) is 10.7 Å². The summed E-state index contributed by atoms with van der Waals surface area (Å²) in [5, 5.41) is 9.23. The molecule has 0 radical (unpaired) electrons. The number of halogens is 2. The number of amidine groups is 1. The molecule has 1 saturated heterocycles. The van der Waals surface area contributed by atoms with E-state index in [4.69, 9.17) is 11.6 Å². The average molecular weight is 393 g/mol. The Balaban J connectivity index is 1.92. The fraction of sp³-hybridized carbons (Fsp3) is 0.167. The normalized spacial score (nSPS) is 19.0. The van der Waals surface area contributed by atoms with Gasteiger partial charge in [0, 0.05) is 5.02 Å². The SMILES string of the molecule is O=C(O)[C@@H]1CC(=O)N(Cc2ccc(Cl)cc2)C(=Nc2ccc(F)cc2)S1. The van der Waals surface area contributed by atoms with E-state index >= 15 is 0 Å². The van der Waals surface area contributed by atoms with Gasteiger partial charge in [0.2, 0.25) is 5.91 Å². The van der Waals surface area contributed by atoms with E-state index in [0.717, 1.165) is 17.3 Å². The second kappa shape index (κ2) is 7.88. The number of aliphatic carboxylic acids is 1. The van der Waals surface area contributed by atoms with Gasteiger partial charge >= 0.3 is 5.97 Å². The van der Waals surface area contributed by atoms with Crippen LogP contribution in [0.1, 0.15) is 12.0 Å². The zero-order valence-corrected chi connectivity index (χ0v) is 15.0. The minimum atomic E-state index is -1.07. The van der Waals surface area contributed by atoms with E-state index < -0.39 is 17.0 Å². The number of aliphatic imine (C=N–C) groups is 1. The molecule has 2 aromatic rings. The minimum Gasteiger partial charge on any atom is -0.480 e. The smallest absolute Gasteiger partial charge is 0.317 e. The first-order valence-corrected chi connectivity index (χ1v) is 8.96. The van der Waals surface area contributed by atoms with Crippen LogP contribution >= 0.6 is 23.4 Å². The summed E-state index contributed by atoms with van der Waals surface area (Å²) in [6.45, 7) is 0.245. The fourth-order valence-corrected chi connectivity index (χ4v) is 3.55. The number of carbonyl (C=O) groups is 2. The van der Waals surface area contributed by atoms with Gasteiger partial charge in [0.1, 0.15) is 11.1 Å². The zero-order chi connectivity index (χ0) is 18.7. The molecule has 8 heteroatoms. The largest absolute Gasteiger partial charge is 0.480 e. The van der Waals surface area contributed by atoms with Crippen molar-refractivity contribution in [1.82, 2.24) is 4.90 Å². The van der Waals surface area contributed by atoms with Crippen molar-refractivity contribution in [3.8, 4) is 0 Å². The lowest BCUT2D eigenvalue weighted by molar-refractivity contribution is -0.139. The van der Waals surface area contributed by atoms with E-state index in [1.165, 1.54) is 29.2 Å². The molecule has 1 amide bonds. The van der Waals surface area contributed by atoms with Crippen LogP contribution in [0.4, 0.5) is 10.1 Å². The summed E-state index contributed by atoms with van der Waals surface area (Å²) in [5.41, 5.74) is 1.28. The molecule has 1 aliphatic rings. The fourth-order valence-electron chi connectivity index (χ4n) is 2.39. The summed E-state index contributed by atoms with van der Waals surface area (Å²) >= 11 is 6.89. The van der Waals surface area contributed by atoms with Gasteiger partial charge in [-0.15, -0.1) is 0 Å². The van der Waals surface area contributed by atoms with Gasteiger partial charge in [-0.3, -0.25) is 14.5 Å². The van der Waals surface area contributed by atoms with Crippen molar-refractivity contribution in [2.75, 3.05) is 0 Å². The number of carbonyl (C=O) groups excluding carboxylic acids is 1. The predicted octanol–water partition coefficient (Wildman–Crippen LogP) is 4.09. The van der Waals surface area contributed by atoms with Crippen molar-refractivity contribution in [3.05, 3.63) is 64.9 Å². The predicted molar refractivity (Wildman–Crippen MR) is 99.1 cm³/mol. The Kier molecular flexibility index (Phi) is 5.58. The van der Waals surface area contributed by atoms with E-state index in [1.54, 1.807) is 24.3 Å². The van der Waals surface area contributed by atoms with Crippen molar-refractivity contribution in [3.63, 3.8) is 0 Å². The second-order valence-electron chi connectivity index (χ2n) is 5.63. The molecule has 1 aliphatic heterocycles. The van der Waals surface area contributed by atoms with Crippen LogP contribution in [0, 0.1) is 5.82 Å². The van der Waals surface area contributed by atoms with Crippen LogP contribution in [0.2, 0.25) is 5.02 Å². The van der Waals surface area contributed by atoms with Crippen molar-refractivity contribution < 1.29 is 19.1 Å². The number of rotatable bonds is 4. The molecular weight excluding hydrogens is 379 g/mol. The summed E-state index contributed by atoms with van der Waals surface area (Å²) in [6, 6.07) is 12.5. The summed E-state index contributed by atoms with van der Waals surface area (Å²) in [4.78, 5) is 29.7. The Bertz CT molecular complexity index is 856. The standard InChI is InChI=1S/C18H14ClFN2O3S/c19-12-3-1-11(2-4-12)10-22-16(23)9-15(17(24)25)26-18(22)21-14-7-5-13(20)6-8-14/h1-8,15H,9-10H2,(H,24,25)/t15-/m0/s1. The number of hydrogen-bond acceptors (Lipinski definition) is 4.